The van der Waals surface area contributed by atoms with Gasteiger partial charge in [0, 0.05) is 29.1 Å². The molecule has 1 unspecified atom stereocenters. The Hall–Kier alpha value is -3.29. The maximum Gasteiger partial charge on any atom is 0.335 e. The molecule has 0 aliphatic carbocycles. The first-order valence-corrected chi connectivity index (χ1v) is 8.60. The molecule has 1 aliphatic rings. The number of carbonyl (C=O) groups is 1. The number of hydrogen-bond donors (Lipinski definition) is 1. The van der Waals surface area contributed by atoms with Crippen LogP contribution in [0.1, 0.15) is 25.0 Å². The second kappa shape index (κ2) is 7.75. The Kier molecular flexibility index (Phi) is 5.39. The average Bonchev–Trinajstić information content (AvgIpc) is 3.01. The average molecular weight is 381 g/mol. The number of ether oxygens (including phenoxy) is 1. The second-order valence-corrected chi connectivity index (χ2v) is 6.44. The van der Waals surface area contributed by atoms with Crippen LogP contribution in [0.25, 0.3) is 11.4 Å². The van der Waals surface area contributed by atoms with E-state index in [0.717, 1.165) is 11.6 Å². The summed E-state index contributed by atoms with van der Waals surface area (Å²) in [5.41, 5.74) is 2.92. The number of carbonyl (C=O) groups excluding carboxylic acids is 1. The lowest BCUT2D eigenvalue weighted by molar-refractivity contribution is -0.707. The van der Waals surface area contributed by atoms with Crippen LogP contribution in [0.5, 0.6) is 0 Å². The van der Waals surface area contributed by atoms with Crippen molar-refractivity contribution in [2.24, 2.45) is 0 Å². The molecule has 7 heteroatoms. The van der Waals surface area contributed by atoms with Gasteiger partial charge in [-0.1, -0.05) is 0 Å². The molecule has 2 aromatic rings. The maximum absolute atomic E-state index is 14.0. The van der Waals surface area contributed by atoms with Crippen molar-refractivity contribution in [1.29, 1.82) is 0 Å². The van der Waals surface area contributed by atoms with Gasteiger partial charge in [-0.2, -0.15) is 0 Å². The van der Waals surface area contributed by atoms with Crippen LogP contribution < -0.4 is 5.32 Å². The lowest BCUT2D eigenvalue weighted by Gasteiger charge is -2.36. The van der Waals surface area contributed by atoms with Crippen molar-refractivity contribution in [2.45, 2.75) is 13.8 Å². The third kappa shape index (κ3) is 3.58. The Morgan fingerprint density at radius 2 is 1.79 bits per heavy atom. The Morgan fingerprint density at radius 1 is 1.14 bits per heavy atom. The largest absolute Gasteiger partial charge is 0.616 e. The Morgan fingerprint density at radius 3 is 2.36 bits per heavy atom. The van der Waals surface area contributed by atoms with Crippen LogP contribution in [-0.2, 0) is 9.53 Å². The highest BCUT2D eigenvalue weighted by Gasteiger charge is 2.40. The topological polar surface area (TPSA) is 74.3 Å². The summed E-state index contributed by atoms with van der Waals surface area (Å²) in [6.07, 6.45) is 5.50. The minimum absolute atomic E-state index is 0.353. The van der Waals surface area contributed by atoms with Gasteiger partial charge < -0.3 is 15.3 Å². The minimum atomic E-state index is -1.02. The van der Waals surface area contributed by atoms with Crippen LogP contribution >= 0.6 is 0 Å². The Bertz CT molecular complexity index is 978. The molecular weight excluding hydrogens is 361 g/mol. The number of esters is 1. The van der Waals surface area contributed by atoms with Crippen molar-refractivity contribution >= 4 is 17.4 Å². The van der Waals surface area contributed by atoms with Gasteiger partial charge >= 0.3 is 5.97 Å². The summed E-state index contributed by atoms with van der Waals surface area (Å²) in [5, 5.41) is 17.2. The zero-order chi connectivity index (χ0) is 20.3. The number of quaternary nitrogens is 1. The summed E-state index contributed by atoms with van der Waals surface area (Å²) < 4.78 is 17.0. The van der Waals surface area contributed by atoms with Crippen molar-refractivity contribution in [3.05, 3.63) is 94.6 Å². The molecule has 3 rings (SSSR count). The van der Waals surface area contributed by atoms with E-state index < -0.39 is 10.6 Å². The van der Waals surface area contributed by atoms with E-state index in [9.17, 15) is 14.4 Å². The van der Waals surface area contributed by atoms with E-state index in [1.165, 1.54) is 25.4 Å². The predicted octanol–water partition coefficient (Wildman–Crippen LogP) is 3.90. The summed E-state index contributed by atoms with van der Waals surface area (Å²) in [7, 11) is 1.25. The number of halogens is 1. The van der Waals surface area contributed by atoms with Crippen LogP contribution in [0.3, 0.4) is 0 Å². The van der Waals surface area contributed by atoms with E-state index in [1.54, 1.807) is 50.5 Å². The van der Waals surface area contributed by atoms with Gasteiger partial charge in [0.15, 0.2) is 5.70 Å². The highest BCUT2D eigenvalue weighted by molar-refractivity contribution is 5.90. The fourth-order valence-electron chi connectivity index (χ4n) is 3.05. The molecule has 0 saturated heterocycles. The second-order valence-electron chi connectivity index (χ2n) is 6.44. The van der Waals surface area contributed by atoms with E-state index in [1.807, 2.05) is 0 Å². The van der Waals surface area contributed by atoms with E-state index in [0.29, 0.717) is 28.3 Å². The van der Waals surface area contributed by atoms with Gasteiger partial charge in [0.2, 0.25) is 5.82 Å². The minimum Gasteiger partial charge on any atom is -0.616 e. The highest BCUT2D eigenvalue weighted by atomic mass is 19.1. The SMILES string of the molecule is COC(=O)C=C[N+]1([O-])C(=C(C)C)NC(c2ccc(F)cc2)=C1c1ccncc1. The number of allylic oxidation sites excluding steroid dienone is 1. The predicted molar refractivity (Wildman–Crippen MR) is 104 cm³/mol. The number of methoxy groups -OCH3 is 1. The third-order valence-electron chi connectivity index (χ3n) is 4.33. The van der Waals surface area contributed by atoms with Crippen LogP contribution in [0.2, 0.25) is 0 Å². The van der Waals surface area contributed by atoms with Gasteiger partial charge in [-0.25, -0.2) is 9.18 Å². The fraction of sp³-hybridized carbons (Fsp3) is 0.143. The first-order chi connectivity index (χ1) is 13.4. The smallest absolute Gasteiger partial charge is 0.335 e. The number of rotatable bonds is 4. The molecule has 1 atom stereocenters. The molecule has 144 valence electrons. The van der Waals surface area contributed by atoms with Crippen molar-refractivity contribution in [1.82, 2.24) is 10.3 Å². The number of nitrogens with one attached hydrogen (secondary N) is 1. The van der Waals surface area contributed by atoms with Crippen LogP contribution in [0.15, 0.2) is 72.5 Å². The van der Waals surface area contributed by atoms with E-state index in [2.05, 4.69) is 15.0 Å². The standard InChI is InChI=1S/C21H20FN3O3/c1-14(2)21-24-19(15-4-6-17(22)7-5-15)20(16-8-11-23-12-9-16)25(21,27)13-10-18(26)28-3/h4-13,24H,1-3H3. The molecule has 28 heavy (non-hydrogen) atoms. The Balaban J connectivity index is 2.29. The summed E-state index contributed by atoms with van der Waals surface area (Å²) >= 11 is 0. The molecule has 0 radical (unpaired) electrons. The summed E-state index contributed by atoms with van der Waals surface area (Å²) in [6.45, 7) is 3.61. The highest BCUT2D eigenvalue weighted by Crippen LogP contribution is 2.43. The van der Waals surface area contributed by atoms with Gasteiger partial charge in [0.1, 0.15) is 17.7 Å². The Labute approximate surface area is 162 Å². The third-order valence-corrected chi connectivity index (χ3v) is 4.33. The van der Waals surface area contributed by atoms with E-state index in [-0.39, 0.29) is 5.82 Å². The van der Waals surface area contributed by atoms with Crippen molar-refractivity contribution < 1.29 is 18.6 Å². The normalized spacial score (nSPS) is 19.1. The zero-order valence-corrected chi connectivity index (χ0v) is 15.8. The number of benzene rings is 1. The molecular formula is C21H20FN3O3. The monoisotopic (exact) mass is 381 g/mol. The molecule has 1 N–H and O–H groups in total. The quantitative estimate of drug-likeness (QED) is 0.376. The van der Waals surface area contributed by atoms with Crippen LogP contribution in [-0.4, -0.2) is 22.7 Å². The molecule has 0 amide bonds. The molecule has 1 aromatic carbocycles. The molecule has 0 saturated carbocycles. The summed E-state index contributed by atoms with van der Waals surface area (Å²) in [5.74, 6) is -0.652. The fourth-order valence-corrected chi connectivity index (χ4v) is 3.05. The van der Waals surface area contributed by atoms with Gasteiger partial charge in [0.05, 0.1) is 13.2 Å². The number of aromatic nitrogens is 1. The van der Waals surface area contributed by atoms with Gasteiger partial charge in [0.25, 0.3) is 0 Å². The molecule has 2 heterocycles. The molecule has 0 bridgehead atoms. The first kappa shape index (κ1) is 19.5. The number of hydroxylamine groups is 3. The van der Waals surface area contributed by atoms with Gasteiger partial charge in [-0.3, -0.25) is 9.63 Å². The number of hydrogen-bond acceptors (Lipinski definition) is 5. The van der Waals surface area contributed by atoms with Crippen LogP contribution in [0, 0.1) is 11.0 Å². The van der Waals surface area contributed by atoms with Crippen molar-refractivity contribution in [3.8, 4) is 0 Å². The van der Waals surface area contributed by atoms with E-state index in [4.69, 9.17) is 0 Å². The molecule has 0 fully saturated rings. The molecule has 6 nitrogen and oxygen atoms in total. The summed E-state index contributed by atoms with van der Waals surface area (Å²) in [6, 6.07) is 9.29. The maximum atomic E-state index is 14.0. The van der Waals surface area contributed by atoms with Gasteiger partial charge in [-0.15, -0.1) is 0 Å². The summed E-state index contributed by atoms with van der Waals surface area (Å²) in [4.78, 5) is 15.7. The van der Waals surface area contributed by atoms with Crippen molar-refractivity contribution in [2.75, 3.05) is 7.11 Å². The number of pyridine rings is 1. The zero-order valence-electron chi connectivity index (χ0n) is 15.8. The van der Waals surface area contributed by atoms with Gasteiger partial charge in [-0.05, 0) is 50.2 Å². The van der Waals surface area contributed by atoms with Crippen molar-refractivity contribution in [3.63, 3.8) is 0 Å². The number of nitrogens with zero attached hydrogens (tertiary/aromatic N) is 2. The lowest BCUT2D eigenvalue weighted by Crippen LogP contribution is -2.34. The molecule has 1 aliphatic heterocycles. The molecule has 0 spiro atoms. The van der Waals surface area contributed by atoms with E-state index >= 15 is 0 Å². The first-order valence-electron chi connectivity index (χ1n) is 8.60. The molecule has 1 aromatic heterocycles. The van der Waals surface area contributed by atoms with Crippen LogP contribution in [0.4, 0.5) is 4.39 Å². The lowest BCUT2D eigenvalue weighted by atomic mass is 10.1.